The molecule has 3 heterocycles. The first-order chi connectivity index (χ1) is 14.1. The number of thiazole rings is 1. The van der Waals surface area contributed by atoms with E-state index >= 15 is 0 Å². The number of nitrogens with one attached hydrogen (secondary N) is 1. The van der Waals surface area contributed by atoms with E-state index < -0.39 is 0 Å². The van der Waals surface area contributed by atoms with Gasteiger partial charge in [-0.1, -0.05) is 24.8 Å². The third kappa shape index (κ3) is 2.91. The molecule has 1 aliphatic rings. The first-order valence-corrected chi connectivity index (χ1v) is 10.0. The Hall–Kier alpha value is -3.75. The molecule has 4 nitrogen and oxygen atoms in total. The van der Waals surface area contributed by atoms with Crippen LogP contribution in [0.4, 0.5) is 5.82 Å². The Morgan fingerprint density at radius 2 is 2.00 bits per heavy atom. The van der Waals surface area contributed by atoms with Gasteiger partial charge in [0.25, 0.3) is 0 Å². The van der Waals surface area contributed by atoms with Gasteiger partial charge in [-0.05, 0) is 54.5 Å². The summed E-state index contributed by atoms with van der Waals surface area (Å²) in [5.41, 5.74) is 10.1. The number of benzene rings is 2. The highest BCUT2D eigenvalue weighted by molar-refractivity contribution is 7.16. The number of nitrogens with zero attached hydrogens (tertiary/aromatic N) is 3. The number of nitriles is 1. The van der Waals surface area contributed by atoms with Crippen molar-refractivity contribution in [3.05, 3.63) is 83.0 Å². The number of rotatable bonds is 2. The van der Waals surface area contributed by atoms with Gasteiger partial charge in [-0.15, -0.1) is 11.3 Å². The monoisotopic (exact) mass is 392 g/mol. The Morgan fingerprint density at radius 1 is 1.10 bits per heavy atom. The topological polar surface area (TPSA) is 61.6 Å². The largest absolute Gasteiger partial charge is 0.340 e. The predicted molar refractivity (Wildman–Crippen MR) is 120 cm³/mol. The molecule has 5 rings (SSSR count). The number of allylic oxidation sites excluding steroid dienone is 1. The van der Waals surface area contributed by atoms with Crippen LogP contribution in [-0.4, -0.2) is 9.97 Å². The highest BCUT2D eigenvalue weighted by atomic mass is 32.1. The summed E-state index contributed by atoms with van der Waals surface area (Å²) in [5, 5.41) is 12.7. The second kappa shape index (κ2) is 6.69. The highest BCUT2D eigenvalue weighted by Gasteiger charge is 2.18. The van der Waals surface area contributed by atoms with E-state index in [1.54, 1.807) is 11.3 Å². The molecule has 0 amide bonds. The predicted octanol–water partition coefficient (Wildman–Crippen LogP) is 6.16. The third-order valence-corrected chi connectivity index (χ3v) is 5.94. The molecule has 0 atom stereocenters. The lowest BCUT2D eigenvalue weighted by Gasteiger charge is -2.19. The average molecular weight is 392 g/mol. The van der Waals surface area contributed by atoms with Crippen molar-refractivity contribution < 1.29 is 0 Å². The van der Waals surface area contributed by atoms with Crippen molar-refractivity contribution in [2.45, 2.75) is 6.92 Å². The van der Waals surface area contributed by atoms with Crippen LogP contribution in [0.25, 0.3) is 38.7 Å². The van der Waals surface area contributed by atoms with Gasteiger partial charge in [-0.3, -0.25) is 0 Å². The van der Waals surface area contributed by atoms with Crippen molar-refractivity contribution >= 4 is 33.4 Å². The van der Waals surface area contributed by atoms with Gasteiger partial charge in [0, 0.05) is 22.4 Å². The number of hydrogen-bond donors (Lipinski definition) is 1. The van der Waals surface area contributed by atoms with E-state index in [1.807, 2.05) is 48.9 Å². The van der Waals surface area contributed by atoms with Crippen LogP contribution in [0.3, 0.4) is 0 Å². The molecule has 2 aromatic heterocycles. The lowest BCUT2D eigenvalue weighted by Crippen LogP contribution is -2.06. The SMILES string of the molecule is C=C1C=Cc2cc(-c3ccc4ncsc4c3)c(-c3cccc(C#N)c3C)nc2N1. The lowest BCUT2D eigenvalue weighted by molar-refractivity contribution is 1.25. The zero-order chi connectivity index (χ0) is 20.0. The molecule has 0 bridgehead atoms. The Morgan fingerprint density at radius 3 is 2.86 bits per heavy atom. The van der Waals surface area contributed by atoms with E-state index in [1.165, 1.54) is 0 Å². The van der Waals surface area contributed by atoms with E-state index in [0.717, 1.165) is 55.2 Å². The molecular formula is C24H16N4S. The molecule has 4 aromatic rings. The van der Waals surface area contributed by atoms with Crippen LogP contribution in [0.15, 0.2) is 66.3 Å². The molecule has 0 unspecified atom stereocenters. The van der Waals surface area contributed by atoms with Crippen LogP contribution in [-0.2, 0) is 0 Å². The van der Waals surface area contributed by atoms with Crippen LogP contribution >= 0.6 is 11.3 Å². The summed E-state index contributed by atoms with van der Waals surface area (Å²) in [4.78, 5) is 9.35. The number of hydrogen-bond acceptors (Lipinski definition) is 5. The first kappa shape index (κ1) is 17.4. The Kier molecular flexibility index (Phi) is 4.01. The Bertz CT molecular complexity index is 1370. The molecule has 2 aromatic carbocycles. The normalized spacial score (nSPS) is 12.5. The van der Waals surface area contributed by atoms with Crippen molar-refractivity contribution in [1.29, 1.82) is 5.26 Å². The van der Waals surface area contributed by atoms with E-state index in [4.69, 9.17) is 4.98 Å². The van der Waals surface area contributed by atoms with Crippen LogP contribution < -0.4 is 5.32 Å². The maximum absolute atomic E-state index is 9.49. The molecule has 1 aliphatic heterocycles. The number of aromatic nitrogens is 2. The minimum atomic E-state index is 0.656. The summed E-state index contributed by atoms with van der Waals surface area (Å²) in [6, 6.07) is 16.5. The smallest absolute Gasteiger partial charge is 0.138 e. The van der Waals surface area contributed by atoms with E-state index in [2.05, 4.69) is 41.1 Å². The van der Waals surface area contributed by atoms with Crippen molar-refractivity contribution in [1.82, 2.24) is 9.97 Å². The molecule has 29 heavy (non-hydrogen) atoms. The summed E-state index contributed by atoms with van der Waals surface area (Å²) in [7, 11) is 0. The Balaban J connectivity index is 1.81. The quantitative estimate of drug-likeness (QED) is 0.444. The van der Waals surface area contributed by atoms with Crippen molar-refractivity contribution in [3.8, 4) is 28.5 Å². The van der Waals surface area contributed by atoms with E-state index in [-0.39, 0.29) is 0 Å². The summed E-state index contributed by atoms with van der Waals surface area (Å²) >= 11 is 1.62. The van der Waals surface area contributed by atoms with Gasteiger partial charge in [0.1, 0.15) is 5.82 Å². The first-order valence-electron chi connectivity index (χ1n) is 9.17. The Labute approximate surface area is 172 Å². The third-order valence-electron chi connectivity index (χ3n) is 5.15. The van der Waals surface area contributed by atoms with E-state index in [0.29, 0.717) is 5.56 Å². The average Bonchev–Trinajstić information content (AvgIpc) is 3.21. The molecule has 0 fully saturated rings. The number of fused-ring (bicyclic) bond motifs is 2. The van der Waals surface area contributed by atoms with Gasteiger partial charge in [-0.25, -0.2) is 9.97 Å². The molecule has 1 N–H and O–H groups in total. The zero-order valence-corrected chi connectivity index (χ0v) is 16.5. The molecular weight excluding hydrogens is 376 g/mol. The molecule has 0 radical (unpaired) electrons. The minimum absolute atomic E-state index is 0.656. The van der Waals surface area contributed by atoms with E-state index in [9.17, 15) is 5.26 Å². The second-order valence-electron chi connectivity index (χ2n) is 6.93. The molecule has 0 saturated carbocycles. The summed E-state index contributed by atoms with van der Waals surface area (Å²) in [5.74, 6) is 0.775. The summed E-state index contributed by atoms with van der Waals surface area (Å²) in [6.07, 6.45) is 3.97. The highest BCUT2D eigenvalue weighted by Crippen LogP contribution is 2.38. The van der Waals surface area contributed by atoms with Crippen LogP contribution in [0.1, 0.15) is 16.7 Å². The fourth-order valence-corrected chi connectivity index (χ4v) is 4.32. The van der Waals surface area contributed by atoms with Gasteiger partial charge in [0.05, 0.1) is 33.1 Å². The maximum Gasteiger partial charge on any atom is 0.138 e. The van der Waals surface area contributed by atoms with Crippen LogP contribution in [0.5, 0.6) is 0 Å². The molecule has 0 aliphatic carbocycles. The lowest BCUT2D eigenvalue weighted by atomic mass is 9.93. The summed E-state index contributed by atoms with van der Waals surface area (Å²) < 4.78 is 1.13. The van der Waals surface area contributed by atoms with Gasteiger partial charge >= 0.3 is 0 Å². The van der Waals surface area contributed by atoms with Crippen LogP contribution in [0.2, 0.25) is 0 Å². The van der Waals surface area contributed by atoms with Gasteiger partial charge in [0.15, 0.2) is 0 Å². The van der Waals surface area contributed by atoms with Crippen molar-refractivity contribution in [3.63, 3.8) is 0 Å². The number of pyridine rings is 1. The zero-order valence-electron chi connectivity index (χ0n) is 15.7. The second-order valence-corrected chi connectivity index (χ2v) is 7.82. The van der Waals surface area contributed by atoms with Gasteiger partial charge in [-0.2, -0.15) is 5.26 Å². The summed E-state index contributed by atoms with van der Waals surface area (Å²) in [6.45, 7) is 5.95. The fourth-order valence-electron chi connectivity index (χ4n) is 3.60. The number of anilines is 1. The molecule has 138 valence electrons. The maximum atomic E-state index is 9.49. The van der Waals surface area contributed by atoms with Crippen LogP contribution in [0, 0.1) is 18.3 Å². The van der Waals surface area contributed by atoms with Gasteiger partial charge in [0.2, 0.25) is 0 Å². The molecule has 0 saturated heterocycles. The molecule has 0 spiro atoms. The fraction of sp³-hybridized carbons (Fsp3) is 0.0417. The standard InChI is InChI=1S/C24H16N4S/c1-14-6-7-17-10-20(16-8-9-21-22(11-16)29-13-26-21)23(28-24(17)27-14)19-5-3-4-18(12-25)15(19)2/h3-11,13H,1H2,2H3,(H,27,28). The van der Waals surface area contributed by atoms with Crippen molar-refractivity contribution in [2.24, 2.45) is 0 Å². The molecule has 5 heteroatoms. The minimum Gasteiger partial charge on any atom is -0.340 e. The van der Waals surface area contributed by atoms with Gasteiger partial charge < -0.3 is 5.32 Å². The van der Waals surface area contributed by atoms with Crippen molar-refractivity contribution in [2.75, 3.05) is 5.32 Å².